The summed E-state index contributed by atoms with van der Waals surface area (Å²) in [6.45, 7) is 5.67. The van der Waals surface area contributed by atoms with Gasteiger partial charge < -0.3 is 24.6 Å². The molecule has 256 valence electrons. The van der Waals surface area contributed by atoms with Gasteiger partial charge >= 0.3 is 0 Å². The molecule has 13 heteroatoms. The maximum atomic E-state index is 14.5. The summed E-state index contributed by atoms with van der Waals surface area (Å²) in [6, 6.07) is 3.28. The fraction of sp³-hybridized carbons (Fsp3) is 0.457. The molecule has 2 fully saturated rings. The third kappa shape index (κ3) is 7.69. The Hall–Kier alpha value is -3.93. The Kier molecular flexibility index (Phi) is 11.4. The number of rotatable bonds is 13. The Morgan fingerprint density at radius 3 is 2.52 bits per heavy atom. The number of ketones is 1. The molecule has 0 spiro atoms. The van der Waals surface area contributed by atoms with Crippen molar-refractivity contribution >= 4 is 51.9 Å². The highest BCUT2D eigenvalue weighted by molar-refractivity contribution is 6.41. The molecule has 1 saturated carbocycles. The topological polar surface area (TPSA) is 119 Å². The third-order valence-electron chi connectivity index (χ3n) is 9.10. The fourth-order valence-electron chi connectivity index (χ4n) is 6.59. The zero-order valence-electron chi connectivity index (χ0n) is 27.8. The Bertz CT molecular complexity index is 1760. The van der Waals surface area contributed by atoms with Crippen molar-refractivity contribution < 1.29 is 19.1 Å². The minimum absolute atomic E-state index is 0.00589. The molecule has 1 N–H and O–H groups in total. The standard InChI is InChI=1S/C35H42Cl2N6O5/c1-6-24(44)15-22-9-7-10-26(22)39-35-38-18-23-16-25(30-31(36)27(47-4)17-28(48-5)32(30)37)34(46)43(33(23)40-35)20-21-12-14-42(19-21)29(45)11-8-13-41(2)3/h6,8,11,16-18,21-22,26H,1,7,9-10,12-15,19-20H2,2-5H3,(H,38,39,40)/b11-8+. The number of carbonyl (C=O) groups is 2. The average Bonchev–Trinajstić information content (AvgIpc) is 3.72. The number of halogens is 2. The van der Waals surface area contributed by atoms with Crippen LogP contribution in [-0.2, 0) is 16.1 Å². The zero-order chi connectivity index (χ0) is 34.5. The van der Waals surface area contributed by atoms with Gasteiger partial charge in [0.1, 0.15) is 17.1 Å². The maximum Gasteiger partial charge on any atom is 0.260 e. The Balaban J connectivity index is 1.55. The first-order valence-corrected chi connectivity index (χ1v) is 16.8. The van der Waals surface area contributed by atoms with Gasteiger partial charge in [-0.25, -0.2) is 4.98 Å². The summed E-state index contributed by atoms with van der Waals surface area (Å²) in [7, 11) is 6.84. The molecule has 2 aliphatic rings. The van der Waals surface area contributed by atoms with E-state index in [4.69, 9.17) is 37.7 Å². The number of likely N-dealkylation sites (tertiary alicyclic amines) is 1. The zero-order valence-corrected chi connectivity index (χ0v) is 29.3. The molecule has 1 aliphatic heterocycles. The molecule has 48 heavy (non-hydrogen) atoms. The van der Waals surface area contributed by atoms with Crippen LogP contribution >= 0.6 is 23.2 Å². The van der Waals surface area contributed by atoms with Crippen LogP contribution in [0.2, 0.25) is 10.0 Å². The van der Waals surface area contributed by atoms with Crippen LogP contribution in [0.3, 0.4) is 0 Å². The van der Waals surface area contributed by atoms with E-state index < -0.39 is 0 Å². The summed E-state index contributed by atoms with van der Waals surface area (Å²) in [5, 5.41) is 4.39. The number of pyridine rings is 1. The monoisotopic (exact) mass is 696 g/mol. The van der Waals surface area contributed by atoms with Gasteiger partial charge in [0.25, 0.3) is 5.56 Å². The number of hydrogen-bond acceptors (Lipinski definition) is 9. The van der Waals surface area contributed by atoms with Crippen LogP contribution in [-0.4, -0.2) is 90.0 Å². The van der Waals surface area contributed by atoms with E-state index >= 15 is 0 Å². The lowest BCUT2D eigenvalue weighted by Crippen LogP contribution is -2.31. The Morgan fingerprint density at radius 2 is 1.85 bits per heavy atom. The van der Waals surface area contributed by atoms with Crippen LogP contribution in [0, 0.1) is 11.8 Å². The van der Waals surface area contributed by atoms with Crippen molar-refractivity contribution in [3.63, 3.8) is 0 Å². The minimum atomic E-state index is -0.350. The first-order chi connectivity index (χ1) is 23.0. The summed E-state index contributed by atoms with van der Waals surface area (Å²) in [5.41, 5.74) is 0.621. The predicted octanol–water partition coefficient (Wildman–Crippen LogP) is 5.47. The molecule has 1 aromatic carbocycles. The van der Waals surface area contributed by atoms with Gasteiger partial charge in [-0.1, -0.05) is 42.3 Å². The Labute approximate surface area is 290 Å². The van der Waals surface area contributed by atoms with Gasteiger partial charge in [-0.15, -0.1) is 0 Å². The lowest BCUT2D eigenvalue weighted by Gasteiger charge is -2.21. The number of benzene rings is 1. The van der Waals surface area contributed by atoms with Gasteiger partial charge in [0.2, 0.25) is 11.9 Å². The molecule has 3 heterocycles. The molecule has 3 aromatic rings. The van der Waals surface area contributed by atoms with E-state index in [0.29, 0.717) is 61.1 Å². The summed E-state index contributed by atoms with van der Waals surface area (Å²) in [4.78, 5) is 52.8. The smallest absolute Gasteiger partial charge is 0.260 e. The quantitative estimate of drug-likeness (QED) is 0.232. The minimum Gasteiger partial charge on any atom is -0.495 e. The van der Waals surface area contributed by atoms with E-state index in [1.165, 1.54) is 20.3 Å². The van der Waals surface area contributed by atoms with Crippen molar-refractivity contribution in [1.29, 1.82) is 0 Å². The number of likely N-dealkylation sites (N-methyl/N-ethyl adjacent to an activating group) is 1. The predicted molar refractivity (Wildman–Crippen MR) is 189 cm³/mol. The lowest BCUT2D eigenvalue weighted by molar-refractivity contribution is -0.125. The van der Waals surface area contributed by atoms with Crippen molar-refractivity contribution in [1.82, 2.24) is 24.3 Å². The van der Waals surface area contributed by atoms with Gasteiger partial charge in [-0.05, 0) is 57.3 Å². The number of fused-ring (bicyclic) bond motifs is 1. The Morgan fingerprint density at radius 1 is 1.12 bits per heavy atom. The molecule has 1 saturated heterocycles. The summed E-state index contributed by atoms with van der Waals surface area (Å²) in [5.74, 6) is 1.08. The van der Waals surface area contributed by atoms with E-state index in [1.54, 1.807) is 33.9 Å². The number of amides is 1. The van der Waals surface area contributed by atoms with Gasteiger partial charge in [0, 0.05) is 67.9 Å². The normalized spacial score (nSPS) is 19.4. The molecular weight excluding hydrogens is 655 g/mol. The molecular formula is C35H42Cl2N6O5. The summed E-state index contributed by atoms with van der Waals surface area (Å²) in [6.07, 6.45) is 10.4. The lowest BCUT2D eigenvalue weighted by atomic mass is 9.97. The second-order valence-corrected chi connectivity index (χ2v) is 13.4. The maximum absolute atomic E-state index is 14.5. The van der Waals surface area contributed by atoms with Crippen molar-refractivity contribution in [2.24, 2.45) is 11.8 Å². The summed E-state index contributed by atoms with van der Waals surface area (Å²) >= 11 is 13.6. The van der Waals surface area contributed by atoms with Gasteiger partial charge in [0.05, 0.1) is 29.8 Å². The largest absolute Gasteiger partial charge is 0.495 e. The van der Waals surface area contributed by atoms with E-state index in [9.17, 15) is 14.4 Å². The molecule has 0 bridgehead atoms. The number of hydrogen-bond donors (Lipinski definition) is 1. The number of nitrogens with zero attached hydrogens (tertiary/aromatic N) is 5. The van der Waals surface area contributed by atoms with Crippen LogP contribution in [0.25, 0.3) is 22.2 Å². The molecule has 3 unspecified atom stereocenters. The highest BCUT2D eigenvalue weighted by Gasteiger charge is 2.31. The molecule has 2 aromatic heterocycles. The number of anilines is 1. The van der Waals surface area contributed by atoms with Crippen molar-refractivity contribution in [3.05, 3.63) is 63.5 Å². The number of aromatic nitrogens is 3. The molecule has 11 nitrogen and oxygen atoms in total. The molecule has 1 aliphatic carbocycles. The number of allylic oxidation sites excluding steroid dienone is 1. The van der Waals surface area contributed by atoms with Crippen LogP contribution in [0.15, 0.2) is 47.9 Å². The van der Waals surface area contributed by atoms with Crippen molar-refractivity contribution in [3.8, 4) is 22.6 Å². The van der Waals surface area contributed by atoms with Crippen LogP contribution < -0.4 is 20.3 Å². The van der Waals surface area contributed by atoms with Crippen molar-refractivity contribution in [2.75, 3.05) is 53.3 Å². The van der Waals surface area contributed by atoms with E-state index in [0.717, 1.165) is 25.7 Å². The fourth-order valence-corrected chi connectivity index (χ4v) is 7.29. The number of nitrogens with one attached hydrogen (secondary N) is 1. The first-order valence-electron chi connectivity index (χ1n) is 16.1. The van der Waals surface area contributed by atoms with Crippen molar-refractivity contribution in [2.45, 2.75) is 44.7 Å². The molecule has 3 atom stereocenters. The molecule has 1 amide bonds. The number of methoxy groups -OCH3 is 2. The second-order valence-electron chi connectivity index (χ2n) is 12.7. The number of carbonyl (C=O) groups excluding carboxylic acids is 2. The molecule has 5 rings (SSSR count). The van der Waals surface area contributed by atoms with Crippen LogP contribution in [0.4, 0.5) is 5.95 Å². The highest BCUT2D eigenvalue weighted by atomic mass is 35.5. The van der Waals surface area contributed by atoms with E-state index in [-0.39, 0.29) is 56.3 Å². The highest BCUT2D eigenvalue weighted by Crippen LogP contribution is 2.45. The number of ether oxygens (including phenoxy) is 2. The second kappa shape index (κ2) is 15.5. The van der Waals surface area contributed by atoms with E-state index in [2.05, 4.69) is 16.9 Å². The summed E-state index contributed by atoms with van der Waals surface area (Å²) < 4.78 is 12.6. The first kappa shape index (κ1) is 35.4. The van der Waals surface area contributed by atoms with Gasteiger partial charge in [-0.2, -0.15) is 4.98 Å². The third-order valence-corrected chi connectivity index (χ3v) is 9.85. The van der Waals surface area contributed by atoms with Gasteiger partial charge in [0.15, 0.2) is 5.78 Å². The SMILES string of the molecule is C=CC(=O)CC1CCCC1Nc1ncc2cc(-c3c(Cl)c(OC)cc(OC)c3Cl)c(=O)n(CC3CCN(C(=O)/C=C/CN(C)C)C3)c2n1. The van der Waals surface area contributed by atoms with Crippen LogP contribution in [0.5, 0.6) is 11.5 Å². The van der Waals surface area contributed by atoms with Crippen LogP contribution in [0.1, 0.15) is 32.1 Å². The van der Waals surface area contributed by atoms with E-state index in [1.807, 2.05) is 25.1 Å². The molecule has 0 radical (unpaired) electrons. The van der Waals surface area contributed by atoms with Gasteiger partial charge in [-0.3, -0.25) is 19.0 Å². The average molecular weight is 698 g/mol.